The Balaban J connectivity index is 3.50. The first kappa shape index (κ1) is 8.27. The minimum atomic E-state index is -0.608. The maximum atomic E-state index is 10.3. The standard InChI is InChI=1S/C6H13N2O/c1-5(2)4-8(3)6(7)9/h5,7H,4H2,1-3H3. The van der Waals surface area contributed by atoms with Gasteiger partial charge >= 0.3 is 6.03 Å². The fraction of sp³-hybridized carbons (Fsp3) is 0.833. The lowest BCUT2D eigenvalue weighted by molar-refractivity contribution is 0.211. The molecule has 3 heteroatoms. The Morgan fingerprint density at radius 2 is 2.11 bits per heavy atom. The third kappa shape index (κ3) is 3.82. The van der Waals surface area contributed by atoms with Crippen molar-refractivity contribution in [3.8, 4) is 0 Å². The zero-order valence-electron chi connectivity index (χ0n) is 6.14. The molecule has 0 atom stereocenters. The number of nitrogens with one attached hydrogen (secondary N) is 1. The second-order valence-corrected chi connectivity index (χ2v) is 2.58. The fourth-order valence-corrected chi connectivity index (χ4v) is 0.631. The van der Waals surface area contributed by atoms with Crippen LogP contribution in [0.25, 0.3) is 0 Å². The van der Waals surface area contributed by atoms with Crippen LogP contribution in [0.3, 0.4) is 0 Å². The van der Waals surface area contributed by atoms with Gasteiger partial charge in [-0.1, -0.05) is 13.8 Å². The van der Waals surface area contributed by atoms with Crippen LogP contribution in [0.5, 0.6) is 0 Å². The summed E-state index contributed by atoms with van der Waals surface area (Å²) in [5.74, 6) is 0.448. The van der Waals surface area contributed by atoms with Gasteiger partial charge in [0.2, 0.25) is 0 Å². The van der Waals surface area contributed by atoms with Gasteiger partial charge in [-0.2, -0.15) is 0 Å². The van der Waals surface area contributed by atoms with Gasteiger partial charge in [0.25, 0.3) is 0 Å². The normalized spacial score (nSPS) is 9.78. The highest BCUT2D eigenvalue weighted by molar-refractivity contribution is 5.70. The van der Waals surface area contributed by atoms with E-state index in [1.807, 2.05) is 13.8 Å². The molecule has 9 heavy (non-hydrogen) atoms. The second-order valence-electron chi connectivity index (χ2n) is 2.58. The van der Waals surface area contributed by atoms with Crippen molar-refractivity contribution in [2.45, 2.75) is 13.8 Å². The molecule has 0 heterocycles. The molecule has 0 aromatic rings. The van der Waals surface area contributed by atoms with Gasteiger partial charge in [0, 0.05) is 13.6 Å². The monoisotopic (exact) mass is 129 g/mol. The number of hydrogen-bond acceptors (Lipinski definition) is 1. The topological polar surface area (TPSA) is 44.1 Å². The quantitative estimate of drug-likeness (QED) is 0.548. The summed E-state index contributed by atoms with van der Waals surface area (Å²) in [5.41, 5.74) is 6.66. The largest absolute Gasteiger partial charge is 0.335 e. The molecule has 0 aliphatic rings. The van der Waals surface area contributed by atoms with Crippen molar-refractivity contribution in [2.24, 2.45) is 5.92 Å². The Hall–Kier alpha value is -0.730. The van der Waals surface area contributed by atoms with Gasteiger partial charge in [-0.05, 0) is 5.92 Å². The summed E-state index contributed by atoms with van der Waals surface area (Å²) in [6.45, 7) is 4.70. The van der Waals surface area contributed by atoms with Gasteiger partial charge < -0.3 is 4.90 Å². The van der Waals surface area contributed by atoms with Crippen LogP contribution in [0.15, 0.2) is 0 Å². The lowest BCUT2D eigenvalue weighted by Gasteiger charge is -2.15. The van der Waals surface area contributed by atoms with Crippen LogP contribution in [0.1, 0.15) is 13.8 Å². The van der Waals surface area contributed by atoms with Crippen molar-refractivity contribution in [3.05, 3.63) is 0 Å². The van der Waals surface area contributed by atoms with Crippen LogP contribution in [0.4, 0.5) is 4.79 Å². The molecule has 0 spiro atoms. The van der Waals surface area contributed by atoms with Crippen LogP contribution in [0.2, 0.25) is 0 Å². The number of urea groups is 1. The Morgan fingerprint density at radius 3 is 2.22 bits per heavy atom. The van der Waals surface area contributed by atoms with Gasteiger partial charge in [0.05, 0.1) is 0 Å². The van der Waals surface area contributed by atoms with E-state index >= 15 is 0 Å². The molecule has 0 aromatic carbocycles. The molecule has 0 aromatic heterocycles. The van der Waals surface area contributed by atoms with Crippen molar-refractivity contribution >= 4 is 6.03 Å². The lowest BCUT2D eigenvalue weighted by Crippen LogP contribution is -2.29. The van der Waals surface area contributed by atoms with Crippen molar-refractivity contribution in [3.63, 3.8) is 0 Å². The van der Waals surface area contributed by atoms with E-state index in [4.69, 9.17) is 5.73 Å². The maximum Gasteiger partial charge on any atom is 0.335 e. The Bertz CT molecular complexity index is 101. The van der Waals surface area contributed by atoms with E-state index in [2.05, 4.69) is 0 Å². The highest BCUT2D eigenvalue weighted by Gasteiger charge is 2.04. The van der Waals surface area contributed by atoms with Crippen molar-refractivity contribution in [2.75, 3.05) is 13.6 Å². The third-order valence-corrected chi connectivity index (χ3v) is 0.986. The highest BCUT2D eigenvalue weighted by Crippen LogP contribution is 1.94. The predicted octanol–water partition coefficient (Wildman–Crippen LogP) is 0.977. The van der Waals surface area contributed by atoms with Crippen LogP contribution < -0.4 is 5.73 Å². The van der Waals surface area contributed by atoms with Gasteiger partial charge in [-0.25, -0.2) is 10.5 Å². The van der Waals surface area contributed by atoms with Crippen molar-refractivity contribution < 1.29 is 4.79 Å². The molecule has 3 nitrogen and oxygen atoms in total. The minimum Gasteiger partial charge on any atom is -0.326 e. The van der Waals surface area contributed by atoms with E-state index in [0.717, 1.165) is 0 Å². The summed E-state index contributed by atoms with van der Waals surface area (Å²) in [6, 6.07) is -0.608. The molecule has 1 radical (unpaired) electrons. The van der Waals surface area contributed by atoms with Crippen LogP contribution in [0, 0.1) is 5.92 Å². The average Bonchev–Trinajstić information content (AvgIpc) is 1.63. The molecule has 0 aliphatic carbocycles. The van der Waals surface area contributed by atoms with Crippen molar-refractivity contribution in [1.29, 1.82) is 0 Å². The smallest absolute Gasteiger partial charge is 0.326 e. The molecule has 0 fully saturated rings. The van der Waals surface area contributed by atoms with E-state index in [9.17, 15) is 4.79 Å². The summed E-state index contributed by atoms with van der Waals surface area (Å²) in [6.07, 6.45) is 0. The number of nitrogens with zero attached hydrogens (tertiary/aromatic N) is 1. The first-order valence-corrected chi connectivity index (χ1v) is 3.00. The molecule has 2 amide bonds. The number of carbonyl (C=O) groups excluding carboxylic acids is 1. The van der Waals surface area contributed by atoms with E-state index in [1.165, 1.54) is 4.90 Å². The number of hydrogen-bond donors (Lipinski definition) is 0. The molecule has 0 saturated carbocycles. The minimum absolute atomic E-state index is 0.448. The van der Waals surface area contributed by atoms with Gasteiger partial charge in [0.15, 0.2) is 0 Å². The Labute approximate surface area is 55.8 Å². The van der Waals surface area contributed by atoms with E-state index in [-0.39, 0.29) is 0 Å². The van der Waals surface area contributed by atoms with Crippen LogP contribution in [-0.2, 0) is 0 Å². The molecule has 53 valence electrons. The zero-order chi connectivity index (χ0) is 7.44. The highest BCUT2D eigenvalue weighted by atomic mass is 16.2. The molecule has 0 aliphatic heterocycles. The molecule has 0 unspecified atom stereocenters. The maximum absolute atomic E-state index is 10.3. The van der Waals surface area contributed by atoms with Crippen LogP contribution >= 0.6 is 0 Å². The summed E-state index contributed by atoms with van der Waals surface area (Å²) in [7, 11) is 1.63. The van der Waals surface area contributed by atoms with Crippen LogP contribution in [-0.4, -0.2) is 24.5 Å². The summed E-state index contributed by atoms with van der Waals surface area (Å²) >= 11 is 0. The summed E-state index contributed by atoms with van der Waals surface area (Å²) in [5, 5.41) is 0. The number of amides is 2. The molecular formula is C6H13N2O. The van der Waals surface area contributed by atoms with E-state index < -0.39 is 6.03 Å². The zero-order valence-corrected chi connectivity index (χ0v) is 6.14. The van der Waals surface area contributed by atoms with E-state index in [1.54, 1.807) is 7.05 Å². The first-order chi connectivity index (χ1) is 4.04. The van der Waals surface area contributed by atoms with Gasteiger partial charge in [-0.3, -0.25) is 0 Å². The molecule has 0 saturated heterocycles. The van der Waals surface area contributed by atoms with Gasteiger partial charge in [-0.15, -0.1) is 0 Å². The SMILES string of the molecule is CC(C)CN(C)C([NH])=O. The lowest BCUT2D eigenvalue weighted by atomic mass is 10.2. The number of carbonyl (C=O) groups is 1. The van der Waals surface area contributed by atoms with Gasteiger partial charge in [0.1, 0.15) is 0 Å². The Kier molecular flexibility index (Phi) is 3.06. The number of rotatable bonds is 2. The molecule has 0 rings (SSSR count). The molecular weight excluding hydrogens is 116 g/mol. The third-order valence-electron chi connectivity index (χ3n) is 0.986. The summed E-state index contributed by atoms with van der Waals surface area (Å²) < 4.78 is 0. The van der Waals surface area contributed by atoms with Crippen molar-refractivity contribution in [1.82, 2.24) is 10.6 Å². The predicted molar refractivity (Wildman–Crippen MR) is 36.0 cm³/mol. The Morgan fingerprint density at radius 1 is 1.67 bits per heavy atom. The fourth-order valence-electron chi connectivity index (χ4n) is 0.631. The average molecular weight is 129 g/mol. The first-order valence-electron chi connectivity index (χ1n) is 3.00. The van der Waals surface area contributed by atoms with E-state index in [0.29, 0.717) is 12.5 Å². The summed E-state index contributed by atoms with van der Waals surface area (Å²) in [4.78, 5) is 11.7. The molecule has 0 bridgehead atoms. The second kappa shape index (κ2) is 3.33. The molecule has 1 N–H and O–H groups in total.